The smallest absolute Gasteiger partial charge is 0.194 e. The third-order valence-corrected chi connectivity index (χ3v) is 4.15. The number of halogens is 1. The summed E-state index contributed by atoms with van der Waals surface area (Å²) in [5.41, 5.74) is 5.08. The Kier molecular flexibility index (Phi) is 6.04. The highest BCUT2D eigenvalue weighted by Gasteiger charge is 2.20. The van der Waals surface area contributed by atoms with Gasteiger partial charge in [0.2, 0.25) is 0 Å². The molecular weight excluding hydrogens is 397 g/mol. The molecule has 23 heavy (non-hydrogen) atoms. The molecule has 0 fully saturated rings. The molecule has 3 nitrogen and oxygen atoms in total. The summed E-state index contributed by atoms with van der Waals surface area (Å²) in [6, 6.07) is 17.6. The number of benzene rings is 2. The molecule has 0 saturated carbocycles. The minimum absolute atomic E-state index is 0. The Morgan fingerprint density at radius 1 is 0.913 bits per heavy atom. The maximum Gasteiger partial charge on any atom is 0.194 e. The Balaban J connectivity index is 0.00000192. The first-order valence-electron chi connectivity index (χ1n) is 7.79. The Hall–Kier alpha value is -1.56. The van der Waals surface area contributed by atoms with Crippen LogP contribution in [0.25, 0.3) is 0 Å². The zero-order chi connectivity index (χ0) is 15.5. The van der Waals surface area contributed by atoms with Gasteiger partial charge in [-0.3, -0.25) is 4.99 Å². The lowest BCUT2D eigenvalue weighted by molar-refractivity contribution is 0.525. The first-order chi connectivity index (χ1) is 10.6. The van der Waals surface area contributed by atoms with E-state index in [1.54, 1.807) is 0 Å². The van der Waals surface area contributed by atoms with Crippen molar-refractivity contribution >= 4 is 29.9 Å². The average molecular weight is 421 g/mol. The van der Waals surface area contributed by atoms with Crippen LogP contribution in [0.5, 0.6) is 0 Å². The molecule has 2 aromatic carbocycles. The fourth-order valence-corrected chi connectivity index (χ4v) is 2.69. The molecule has 1 aliphatic rings. The normalized spacial score (nSPS) is 13.7. The molecule has 122 valence electrons. The van der Waals surface area contributed by atoms with Gasteiger partial charge in [0.05, 0.1) is 12.6 Å². The fraction of sp³-hybridized carbons (Fsp3) is 0.316. The standard InChI is InChI=1S/C19H23N3.HI/c1-14-4-8-16(9-5-14)18(17-10-6-15(2)7-11-17)21-19-20-12-13-22(19)3;/h4-11,18H,12-13H2,1-3H3,(H,20,21);1H. The van der Waals surface area contributed by atoms with Gasteiger partial charge in [-0.1, -0.05) is 59.7 Å². The van der Waals surface area contributed by atoms with Crippen molar-refractivity contribution in [3.05, 3.63) is 70.8 Å². The zero-order valence-electron chi connectivity index (χ0n) is 13.9. The Morgan fingerprint density at radius 3 is 1.78 bits per heavy atom. The summed E-state index contributed by atoms with van der Waals surface area (Å²) in [5, 5.41) is 3.61. The van der Waals surface area contributed by atoms with Crippen LogP contribution in [0.1, 0.15) is 28.3 Å². The molecule has 1 N–H and O–H groups in total. The van der Waals surface area contributed by atoms with Crippen molar-refractivity contribution < 1.29 is 0 Å². The SMILES string of the molecule is Cc1ccc(C(NC2=NCCN2C)c2ccc(C)cc2)cc1.I. The minimum Gasteiger partial charge on any atom is -0.345 e. The summed E-state index contributed by atoms with van der Waals surface area (Å²) in [6.07, 6.45) is 0. The first-order valence-corrected chi connectivity index (χ1v) is 7.79. The van der Waals surface area contributed by atoms with Gasteiger partial charge < -0.3 is 10.2 Å². The number of hydrogen-bond donors (Lipinski definition) is 1. The van der Waals surface area contributed by atoms with Gasteiger partial charge in [-0.25, -0.2) is 0 Å². The molecule has 0 atom stereocenters. The van der Waals surface area contributed by atoms with Gasteiger partial charge in [-0.2, -0.15) is 0 Å². The number of guanidine groups is 1. The Morgan fingerprint density at radius 2 is 1.39 bits per heavy atom. The van der Waals surface area contributed by atoms with E-state index in [1.807, 2.05) is 0 Å². The van der Waals surface area contributed by atoms with Crippen LogP contribution < -0.4 is 5.32 Å². The largest absolute Gasteiger partial charge is 0.345 e. The first kappa shape index (κ1) is 17.8. The summed E-state index contributed by atoms with van der Waals surface area (Å²) in [7, 11) is 2.08. The van der Waals surface area contributed by atoms with Crippen molar-refractivity contribution in [3.63, 3.8) is 0 Å². The maximum atomic E-state index is 4.57. The average Bonchev–Trinajstić information content (AvgIpc) is 2.92. The van der Waals surface area contributed by atoms with Gasteiger partial charge in [-0.05, 0) is 25.0 Å². The third-order valence-electron chi connectivity index (χ3n) is 4.15. The second-order valence-electron chi connectivity index (χ2n) is 6.03. The number of nitrogens with zero attached hydrogens (tertiary/aromatic N) is 2. The topological polar surface area (TPSA) is 27.6 Å². The van der Waals surface area contributed by atoms with Crippen molar-refractivity contribution in [2.45, 2.75) is 19.9 Å². The number of nitrogens with one attached hydrogen (secondary N) is 1. The molecule has 0 aliphatic carbocycles. The predicted molar refractivity (Wildman–Crippen MR) is 108 cm³/mol. The van der Waals surface area contributed by atoms with E-state index in [0.29, 0.717) is 0 Å². The molecule has 0 bridgehead atoms. The molecule has 0 unspecified atom stereocenters. The second-order valence-corrected chi connectivity index (χ2v) is 6.03. The third kappa shape index (κ3) is 4.25. The van der Waals surface area contributed by atoms with Crippen LogP contribution in [-0.4, -0.2) is 31.0 Å². The monoisotopic (exact) mass is 421 g/mol. The van der Waals surface area contributed by atoms with E-state index < -0.39 is 0 Å². The van der Waals surface area contributed by atoms with Crippen LogP contribution in [0.15, 0.2) is 53.5 Å². The molecule has 0 amide bonds. The van der Waals surface area contributed by atoms with Crippen LogP contribution in [0, 0.1) is 13.8 Å². The highest BCUT2D eigenvalue weighted by Crippen LogP contribution is 2.23. The van der Waals surface area contributed by atoms with Gasteiger partial charge >= 0.3 is 0 Å². The van der Waals surface area contributed by atoms with E-state index in [-0.39, 0.29) is 30.0 Å². The number of rotatable bonds is 3. The quantitative estimate of drug-likeness (QED) is 0.762. The molecule has 3 rings (SSSR count). The van der Waals surface area contributed by atoms with Crippen LogP contribution in [0.4, 0.5) is 0 Å². The highest BCUT2D eigenvalue weighted by molar-refractivity contribution is 14.0. The number of likely N-dealkylation sites (N-methyl/N-ethyl adjacent to an activating group) is 1. The number of aryl methyl sites for hydroxylation is 2. The van der Waals surface area contributed by atoms with E-state index in [1.165, 1.54) is 22.3 Å². The summed E-state index contributed by atoms with van der Waals surface area (Å²) in [5.74, 6) is 0.978. The molecule has 1 heterocycles. The van der Waals surface area contributed by atoms with E-state index in [2.05, 4.69) is 84.6 Å². The van der Waals surface area contributed by atoms with Crippen LogP contribution >= 0.6 is 24.0 Å². The van der Waals surface area contributed by atoms with Gasteiger partial charge in [0.15, 0.2) is 5.96 Å². The predicted octanol–water partition coefficient (Wildman–Crippen LogP) is 3.90. The summed E-state index contributed by atoms with van der Waals surface area (Å²) < 4.78 is 0. The number of hydrogen-bond acceptors (Lipinski definition) is 3. The Bertz CT molecular complexity index is 617. The molecule has 0 spiro atoms. The molecule has 2 aromatic rings. The Labute approximate surface area is 155 Å². The molecule has 1 aliphatic heterocycles. The zero-order valence-corrected chi connectivity index (χ0v) is 16.2. The van der Waals surface area contributed by atoms with Gasteiger partial charge in [0.25, 0.3) is 0 Å². The molecule has 4 heteroatoms. The summed E-state index contributed by atoms with van der Waals surface area (Å²) in [4.78, 5) is 6.75. The maximum absolute atomic E-state index is 4.57. The van der Waals surface area contributed by atoms with E-state index in [9.17, 15) is 0 Å². The van der Waals surface area contributed by atoms with E-state index in [4.69, 9.17) is 0 Å². The van der Waals surface area contributed by atoms with Gasteiger partial charge in [-0.15, -0.1) is 24.0 Å². The second kappa shape index (κ2) is 7.81. The molecule has 0 saturated heterocycles. The minimum atomic E-state index is 0. The highest BCUT2D eigenvalue weighted by atomic mass is 127. The van der Waals surface area contributed by atoms with Crippen LogP contribution in [-0.2, 0) is 0 Å². The molecule has 0 aromatic heterocycles. The molecular formula is C19H24IN3. The summed E-state index contributed by atoms with van der Waals surface area (Å²) >= 11 is 0. The van der Waals surface area contributed by atoms with Gasteiger partial charge in [0.1, 0.15) is 0 Å². The summed E-state index contributed by atoms with van der Waals surface area (Å²) in [6.45, 7) is 6.09. The van der Waals surface area contributed by atoms with Crippen molar-refractivity contribution in [1.82, 2.24) is 10.2 Å². The van der Waals surface area contributed by atoms with E-state index >= 15 is 0 Å². The lowest BCUT2D eigenvalue weighted by atomic mass is 9.97. The van der Waals surface area contributed by atoms with E-state index in [0.717, 1.165) is 19.0 Å². The molecule has 0 radical (unpaired) electrons. The van der Waals surface area contributed by atoms with Crippen molar-refractivity contribution in [2.75, 3.05) is 20.1 Å². The lowest BCUT2D eigenvalue weighted by Gasteiger charge is -2.24. The van der Waals surface area contributed by atoms with Crippen molar-refractivity contribution in [2.24, 2.45) is 4.99 Å². The van der Waals surface area contributed by atoms with Crippen molar-refractivity contribution in [3.8, 4) is 0 Å². The van der Waals surface area contributed by atoms with Crippen LogP contribution in [0.2, 0.25) is 0 Å². The number of aliphatic imine (C=N–C) groups is 1. The van der Waals surface area contributed by atoms with Gasteiger partial charge in [0, 0.05) is 13.6 Å². The lowest BCUT2D eigenvalue weighted by Crippen LogP contribution is -2.38. The van der Waals surface area contributed by atoms with Crippen molar-refractivity contribution in [1.29, 1.82) is 0 Å². The fourth-order valence-electron chi connectivity index (χ4n) is 2.69. The van der Waals surface area contributed by atoms with Crippen LogP contribution in [0.3, 0.4) is 0 Å².